The number of rotatable bonds is 5. The van der Waals surface area contributed by atoms with Gasteiger partial charge in [0.05, 0.1) is 11.8 Å². The molecule has 19 heavy (non-hydrogen) atoms. The molecule has 0 aliphatic rings. The average Bonchev–Trinajstić information content (AvgIpc) is 2.68. The Morgan fingerprint density at radius 3 is 2.68 bits per heavy atom. The molecule has 0 saturated carbocycles. The number of halogens is 1. The number of hydrogen-bond acceptors (Lipinski definition) is 3. The zero-order chi connectivity index (χ0) is 13.8. The van der Waals surface area contributed by atoms with E-state index in [4.69, 9.17) is 11.6 Å². The smallest absolute Gasteiger partial charge is 0.131 e. The molecular formula is C14H18ClN3O. The van der Waals surface area contributed by atoms with Crippen molar-refractivity contribution in [2.45, 2.75) is 19.6 Å². The Kier molecular flexibility index (Phi) is 4.58. The van der Waals surface area contributed by atoms with Crippen LogP contribution in [-0.2, 0) is 13.6 Å². The summed E-state index contributed by atoms with van der Waals surface area (Å²) in [7, 11) is 1.83. The Morgan fingerprint density at radius 2 is 2.05 bits per heavy atom. The van der Waals surface area contributed by atoms with Crippen LogP contribution in [0.4, 0.5) is 0 Å². The van der Waals surface area contributed by atoms with Crippen LogP contribution in [0.25, 0.3) is 11.3 Å². The van der Waals surface area contributed by atoms with E-state index in [0.29, 0.717) is 18.2 Å². The molecule has 2 rings (SSSR count). The minimum absolute atomic E-state index is 0.379. The fraction of sp³-hybridized carbons (Fsp3) is 0.357. The Hall–Kier alpha value is -1.36. The van der Waals surface area contributed by atoms with Crippen LogP contribution in [0, 0.1) is 0 Å². The number of nitrogens with one attached hydrogen (secondary N) is 1. The fourth-order valence-electron chi connectivity index (χ4n) is 1.94. The van der Waals surface area contributed by atoms with E-state index in [2.05, 4.69) is 10.4 Å². The van der Waals surface area contributed by atoms with Crippen LogP contribution in [-0.4, -0.2) is 27.5 Å². The number of aliphatic hydroxyl groups is 1. The van der Waals surface area contributed by atoms with Gasteiger partial charge in [-0.1, -0.05) is 41.9 Å². The van der Waals surface area contributed by atoms with Gasteiger partial charge in [-0.25, -0.2) is 0 Å². The van der Waals surface area contributed by atoms with Crippen LogP contribution in [0.1, 0.15) is 12.5 Å². The van der Waals surface area contributed by atoms with Crippen LogP contribution in [0.2, 0.25) is 5.15 Å². The largest absolute Gasteiger partial charge is 0.392 e. The predicted molar refractivity (Wildman–Crippen MR) is 77.0 cm³/mol. The summed E-state index contributed by atoms with van der Waals surface area (Å²) in [6.07, 6.45) is -0.379. The second kappa shape index (κ2) is 6.19. The van der Waals surface area contributed by atoms with Gasteiger partial charge >= 0.3 is 0 Å². The van der Waals surface area contributed by atoms with Crippen molar-refractivity contribution in [3.8, 4) is 11.3 Å². The lowest BCUT2D eigenvalue weighted by Crippen LogP contribution is -2.24. The monoisotopic (exact) mass is 279 g/mol. The van der Waals surface area contributed by atoms with Crippen molar-refractivity contribution in [1.29, 1.82) is 0 Å². The molecule has 0 aliphatic carbocycles. The Bertz CT molecular complexity index is 537. The van der Waals surface area contributed by atoms with Crippen LogP contribution < -0.4 is 5.32 Å². The van der Waals surface area contributed by atoms with E-state index >= 15 is 0 Å². The third kappa shape index (κ3) is 3.35. The summed E-state index contributed by atoms with van der Waals surface area (Å²) in [5.41, 5.74) is 2.88. The van der Waals surface area contributed by atoms with Crippen molar-refractivity contribution in [3.63, 3.8) is 0 Å². The summed E-state index contributed by atoms with van der Waals surface area (Å²) < 4.78 is 1.67. The van der Waals surface area contributed by atoms with E-state index in [0.717, 1.165) is 16.8 Å². The molecule has 4 nitrogen and oxygen atoms in total. The standard InChI is InChI=1S/C14H18ClN3O/c1-10(19)8-16-9-12-13(17-18(2)14(12)15)11-6-4-3-5-7-11/h3-7,10,16,19H,8-9H2,1-2H3. The van der Waals surface area contributed by atoms with Gasteiger partial charge in [0.1, 0.15) is 5.15 Å². The van der Waals surface area contributed by atoms with Crippen molar-refractivity contribution in [3.05, 3.63) is 41.0 Å². The van der Waals surface area contributed by atoms with Crippen molar-refractivity contribution in [1.82, 2.24) is 15.1 Å². The number of aromatic nitrogens is 2. The molecule has 0 amide bonds. The first-order valence-electron chi connectivity index (χ1n) is 6.25. The van der Waals surface area contributed by atoms with E-state index in [1.54, 1.807) is 11.6 Å². The summed E-state index contributed by atoms with van der Waals surface area (Å²) in [6.45, 7) is 2.86. The zero-order valence-electron chi connectivity index (χ0n) is 11.1. The third-order valence-electron chi connectivity index (χ3n) is 2.86. The van der Waals surface area contributed by atoms with Gasteiger partial charge in [0.15, 0.2) is 0 Å². The quantitative estimate of drug-likeness (QED) is 0.882. The average molecular weight is 280 g/mol. The first-order chi connectivity index (χ1) is 9.09. The van der Waals surface area contributed by atoms with Crippen LogP contribution in [0.15, 0.2) is 30.3 Å². The molecule has 0 aliphatic heterocycles. The van der Waals surface area contributed by atoms with Crippen molar-refractivity contribution >= 4 is 11.6 Å². The van der Waals surface area contributed by atoms with Gasteiger partial charge in [-0.05, 0) is 6.92 Å². The van der Waals surface area contributed by atoms with E-state index in [9.17, 15) is 5.11 Å². The van der Waals surface area contributed by atoms with E-state index in [1.165, 1.54) is 0 Å². The van der Waals surface area contributed by atoms with Gasteiger partial charge in [-0.15, -0.1) is 0 Å². The van der Waals surface area contributed by atoms with Crippen molar-refractivity contribution in [2.24, 2.45) is 7.05 Å². The molecule has 1 aromatic carbocycles. The molecule has 1 unspecified atom stereocenters. The highest BCUT2D eigenvalue weighted by molar-refractivity contribution is 6.30. The third-order valence-corrected chi connectivity index (χ3v) is 3.33. The number of nitrogens with zero attached hydrogens (tertiary/aromatic N) is 2. The lowest BCUT2D eigenvalue weighted by Gasteiger charge is -2.07. The second-order valence-corrected chi connectivity index (χ2v) is 4.95. The van der Waals surface area contributed by atoms with E-state index in [1.807, 2.05) is 37.4 Å². The molecule has 1 atom stereocenters. The molecule has 0 saturated heterocycles. The first-order valence-corrected chi connectivity index (χ1v) is 6.63. The maximum absolute atomic E-state index is 9.27. The Labute approximate surface area is 118 Å². The van der Waals surface area contributed by atoms with E-state index in [-0.39, 0.29) is 6.10 Å². The molecule has 5 heteroatoms. The normalized spacial score (nSPS) is 12.6. The van der Waals surface area contributed by atoms with Gasteiger partial charge in [-0.3, -0.25) is 4.68 Å². The molecule has 102 valence electrons. The number of aryl methyl sites for hydroxylation is 1. The summed E-state index contributed by atoms with van der Waals surface area (Å²) >= 11 is 6.28. The van der Waals surface area contributed by atoms with Crippen molar-refractivity contribution < 1.29 is 5.11 Å². The highest BCUT2D eigenvalue weighted by Gasteiger charge is 2.15. The molecule has 0 radical (unpaired) electrons. The maximum atomic E-state index is 9.27. The van der Waals surface area contributed by atoms with Gasteiger partial charge in [0, 0.05) is 31.3 Å². The van der Waals surface area contributed by atoms with Crippen LogP contribution >= 0.6 is 11.6 Å². The SMILES string of the molecule is CC(O)CNCc1c(-c2ccccc2)nn(C)c1Cl. The number of aliphatic hydroxyl groups excluding tert-OH is 1. The number of benzene rings is 1. The summed E-state index contributed by atoms with van der Waals surface area (Å²) in [5, 5.41) is 17.5. The predicted octanol–water partition coefficient (Wildman–Crippen LogP) is 2.21. The molecule has 0 spiro atoms. The molecule has 0 fully saturated rings. The molecule has 1 aromatic heterocycles. The second-order valence-electron chi connectivity index (χ2n) is 4.59. The first kappa shape index (κ1) is 14.1. The molecule has 0 bridgehead atoms. The lowest BCUT2D eigenvalue weighted by atomic mass is 10.1. The topological polar surface area (TPSA) is 50.1 Å². The van der Waals surface area contributed by atoms with Gasteiger partial charge < -0.3 is 10.4 Å². The lowest BCUT2D eigenvalue weighted by molar-refractivity contribution is 0.191. The highest BCUT2D eigenvalue weighted by atomic mass is 35.5. The summed E-state index contributed by atoms with van der Waals surface area (Å²) in [5.74, 6) is 0. The Morgan fingerprint density at radius 1 is 1.37 bits per heavy atom. The highest BCUT2D eigenvalue weighted by Crippen LogP contribution is 2.27. The molecule has 2 N–H and O–H groups in total. The molecule has 2 aromatic rings. The van der Waals surface area contributed by atoms with Gasteiger partial charge in [0.2, 0.25) is 0 Å². The number of hydrogen-bond donors (Lipinski definition) is 2. The van der Waals surface area contributed by atoms with E-state index < -0.39 is 0 Å². The maximum Gasteiger partial charge on any atom is 0.131 e. The summed E-state index contributed by atoms with van der Waals surface area (Å²) in [6, 6.07) is 9.95. The van der Waals surface area contributed by atoms with Gasteiger partial charge in [-0.2, -0.15) is 5.10 Å². The zero-order valence-corrected chi connectivity index (χ0v) is 11.9. The van der Waals surface area contributed by atoms with Crippen molar-refractivity contribution in [2.75, 3.05) is 6.54 Å². The van der Waals surface area contributed by atoms with Crippen LogP contribution in [0.5, 0.6) is 0 Å². The minimum atomic E-state index is -0.379. The molecule has 1 heterocycles. The summed E-state index contributed by atoms with van der Waals surface area (Å²) in [4.78, 5) is 0. The fourth-order valence-corrected chi connectivity index (χ4v) is 2.13. The van der Waals surface area contributed by atoms with Crippen LogP contribution in [0.3, 0.4) is 0 Å². The minimum Gasteiger partial charge on any atom is -0.392 e. The Balaban J connectivity index is 2.26. The van der Waals surface area contributed by atoms with Gasteiger partial charge in [0.25, 0.3) is 0 Å². The molecular weight excluding hydrogens is 262 g/mol.